The quantitative estimate of drug-likeness (QED) is 0.746. The van der Waals surface area contributed by atoms with Crippen molar-refractivity contribution >= 4 is 23.6 Å². The van der Waals surface area contributed by atoms with Crippen LogP contribution in [-0.2, 0) is 4.79 Å². The van der Waals surface area contributed by atoms with Crippen LogP contribution in [0.1, 0.15) is 30.1 Å². The number of carbonyl (C=O) groups excluding carboxylic acids is 1. The van der Waals surface area contributed by atoms with Gasteiger partial charge in [0, 0.05) is 29.6 Å². The van der Waals surface area contributed by atoms with Crippen LogP contribution in [0.3, 0.4) is 0 Å². The molecule has 25 heavy (non-hydrogen) atoms. The van der Waals surface area contributed by atoms with E-state index in [-0.39, 0.29) is 18.5 Å². The summed E-state index contributed by atoms with van der Waals surface area (Å²) in [7, 11) is 0. The molecule has 138 valence electrons. The van der Waals surface area contributed by atoms with Gasteiger partial charge in [-0.25, -0.2) is 0 Å². The molecule has 0 spiro atoms. The number of benzene rings is 1. The van der Waals surface area contributed by atoms with E-state index < -0.39 is 11.7 Å². The Morgan fingerprint density at radius 1 is 1.28 bits per heavy atom. The molecule has 2 rings (SSSR count). The van der Waals surface area contributed by atoms with E-state index in [1.165, 1.54) is 12.1 Å². The molecule has 0 atom stereocenters. The number of likely N-dealkylation sites (N-methyl/N-ethyl adjacent to an activating group) is 1. The average Bonchev–Trinajstić information content (AvgIpc) is 2.59. The summed E-state index contributed by atoms with van der Waals surface area (Å²) in [5.74, 6) is -3.44. The van der Waals surface area contributed by atoms with E-state index in [4.69, 9.17) is 5.11 Å². The number of alkyl halides is 2. The first-order valence-electron chi connectivity index (χ1n) is 8.20. The van der Waals surface area contributed by atoms with E-state index in [0.717, 1.165) is 12.8 Å². The SMILES string of the molecule is CCN(CC(=O)O)C1CCN(C(=O)c2ccc(SC(F)F)cc2)CC1. The van der Waals surface area contributed by atoms with Crippen molar-refractivity contribution in [2.45, 2.75) is 36.5 Å². The maximum absolute atomic E-state index is 12.5. The van der Waals surface area contributed by atoms with Crippen LogP contribution in [0.2, 0.25) is 0 Å². The maximum atomic E-state index is 12.5. The molecule has 1 saturated heterocycles. The molecule has 0 aliphatic carbocycles. The molecular formula is C17H22F2N2O3S. The second-order valence-electron chi connectivity index (χ2n) is 5.88. The Balaban J connectivity index is 1.91. The zero-order chi connectivity index (χ0) is 18.4. The van der Waals surface area contributed by atoms with E-state index in [2.05, 4.69) is 0 Å². The fourth-order valence-electron chi connectivity index (χ4n) is 3.07. The van der Waals surface area contributed by atoms with Gasteiger partial charge in [0.1, 0.15) is 0 Å². The van der Waals surface area contributed by atoms with Crippen LogP contribution in [0.25, 0.3) is 0 Å². The van der Waals surface area contributed by atoms with Crippen LogP contribution in [0, 0.1) is 0 Å². The molecule has 1 aliphatic heterocycles. The highest BCUT2D eigenvalue weighted by Gasteiger charge is 2.27. The monoisotopic (exact) mass is 372 g/mol. The van der Waals surface area contributed by atoms with E-state index in [1.54, 1.807) is 17.0 Å². The largest absolute Gasteiger partial charge is 0.480 e. The minimum atomic E-state index is -2.48. The Hall–Kier alpha value is -1.67. The Labute approximate surface area is 150 Å². The van der Waals surface area contributed by atoms with Crippen molar-refractivity contribution in [3.63, 3.8) is 0 Å². The van der Waals surface area contributed by atoms with Gasteiger partial charge in [0.05, 0.1) is 6.54 Å². The van der Waals surface area contributed by atoms with E-state index in [9.17, 15) is 18.4 Å². The summed E-state index contributed by atoms with van der Waals surface area (Å²) in [4.78, 5) is 27.5. The highest BCUT2D eigenvalue weighted by Crippen LogP contribution is 2.26. The summed E-state index contributed by atoms with van der Waals surface area (Å²) in [5, 5.41) is 8.96. The molecule has 5 nitrogen and oxygen atoms in total. The number of aliphatic carboxylic acids is 1. The number of likely N-dealkylation sites (tertiary alicyclic amines) is 1. The van der Waals surface area contributed by atoms with Crippen molar-refractivity contribution in [2.24, 2.45) is 0 Å². The summed E-state index contributed by atoms with van der Waals surface area (Å²) >= 11 is 0.453. The number of piperidine rings is 1. The lowest BCUT2D eigenvalue weighted by atomic mass is 10.0. The number of halogens is 2. The van der Waals surface area contributed by atoms with Crippen molar-refractivity contribution in [3.05, 3.63) is 29.8 Å². The Morgan fingerprint density at radius 2 is 1.88 bits per heavy atom. The number of carbonyl (C=O) groups is 2. The third kappa shape index (κ3) is 5.67. The van der Waals surface area contributed by atoms with Crippen molar-refractivity contribution < 1.29 is 23.5 Å². The van der Waals surface area contributed by atoms with Crippen LogP contribution in [0.5, 0.6) is 0 Å². The molecule has 8 heteroatoms. The van der Waals surface area contributed by atoms with Crippen LogP contribution in [0.4, 0.5) is 8.78 Å². The lowest BCUT2D eigenvalue weighted by Crippen LogP contribution is -2.48. The van der Waals surface area contributed by atoms with Crippen molar-refractivity contribution in [3.8, 4) is 0 Å². The van der Waals surface area contributed by atoms with Gasteiger partial charge in [0.2, 0.25) is 0 Å². The maximum Gasteiger partial charge on any atom is 0.317 e. The number of hydrogen-bond acceptors (Lipinski definition) is 4. The smallest absolute Gasteiger partial charge is 0.317 e. The third-order valence-electron chi connectivity index (χ3n) is 4.34. The first kappa shape index (κ1) is 19.7. The first-order valence-corrected chi connectivity index (χ1v) is 9.08. The highest BCUT2D eigenvalue weighted by molar-refractivity contribution is 7.99. The van der Waals surface area contributed by atoms with Gasteiger partial charge >= 0.3 is 5.97 Å². The Kier molecular flexibility index (Phi) is 7.19. The topological polar surface area (TPSA) is 60.9 Å². The van der Waals surface area contributed by atoms with Gasteiger partial charge in [0.25, 0.3) is 11.7 Å². The summed E-state index contributed by atoms with van der Waals surface area (Å²) in [5.41, 5.74) is 0.481. The van der Waals surface area contributed by atoms with Gasteiger partial charge in [-0.15, -0.1) is 0 Å². The average molecular weight is 372 g/mol. The summed E-state index contributed by atoms with van der Waals surface area (Å²) in [6.07, 6.45) is 1.46. The second kappa shape index (κ2) is 9.15. The number of carboxylic acid groups (broad SMARTS) is 1. The number of amides is 1. The number of carboxylic acids is 1. The fraction of sp³-hybridized carbons (Fsp3) is 0.529. The Bertz CT molecular complexity index is 590. The van der Waals surface area contributed by atoms with Crippen molar-refractivity contribution in [1.29, 1.82) is 0 Å². The molecule has 1 fully saturated rings. The van der Waals surface area contributed by atoms with Crippen LogP contribution >= 0.6 is 11.8 Å². The normalized spacial score (nSPS) is 15.8. The number of thioether (sulfide) groups is 1. The fourth-order valence-corrected chi connectivity index (χ4v) is 3.57. The molecule has 1 aliphatic rings. The van der Waals surface area contributed by atoms with Crippen LogP contribution in [-0.4, -0.2) is 64.8 Å². The number of nitrogens with zero attached hydrogens (tertiary/aromatic N) is 2. The summed E-state index contributed by atoms with van der Waals surface area (Å²) in [6, 6.07) is 6.37. The molecule has 1 amide bonds. The predicted octanol–water partition coefficient (Wildman–Crippen LogP) is 3.01. The van der Waals surface area contributed by atoms with Gasteiger partial charge in [-0.3, -0.25) is 14.5 Å². The zero-order valence-corrected chi connectivity index (χ0v) is 14.8. The van der Waals surface area contributed by atoms with E-state index in [0.29, 0.717) is 41.9 Å². The minimum Gasteiger partial charge on any atom is -0.480 e. The molecule has 1 aromatic rings. The zero-order valence-electron chi connectivity index (χ0n) is 14.0. The van der Waals surface area contributed by atoms with Crippen molar-refractivity contribution in [1.82, 2.24) is 9.80 Å². The molecule has 0 unspecified atom stereocenters. The number of hydrogen-bond donors (Lipinski definition) is 1. The van der Waals surface area contributed by atoms with Gasteiger partial charge in [-0.1, -0.05) is 18.7 Å². The van der Waals surface area contributed by atoms with Crippen LogP contribution < -0.4 is 0 Å². The minimum absolute atomic E-state index is 0.0123. The molecular weight excluding hydrogens is 350 g/mol. The second-order valence-corrected chi connectivity index (χ2v) is 6.95. The molecule has 1 heterocycles. The Morgan fingerprint density at radius 3 is 2.36 bits per heavy atom. The number of rotatable bonds is 7. The standard InChI is InChI=1S/C17H22F2N2O3S/c1-2-20(11-15(22)23)13-7-9-21(10-8-13)16(24)12-3-5-14(6-4-12)25-17(18)19/h3-6,13,17H,2,7-11H2,1H3,(H,22,23). The van der Waals surface area contributed by atoms with Gasteiger partial charge in [-0.2, -0.15) is 8.78 Å². The lowest BCUT2D eigenvalue weighted by Gasteiger charge is -2.37. The molecule has 0 bridgehead atoms. The predicted molar refractivity (Wildman–Crippen MR) is 92.1 cm³/mol. The summed E-state index contributed by atoms with van der Waals surface area (Å²) < 4.78 is 24.7. The third-order valence-corrected chi connectivity index (χ3v) is 5.06. The van der Waals surface area contributed by atoms with Gasteiger partial charge < -0.3 is 10.0 Å². The van der Waals surface area contributed by atoms with E-state index in [1.807, 2.05) is 11.8 Å². The molecule has 0 saturated carbocycles. The van der Waals surface area contributed by atoms with Crippen LogP contribution in [0.15, 0.2) is 29.2 Å². The first-order chi connectivity index (χ1) is 11.9. The van der Waals surface area contributed by atoms with Crippen molar-refractivity contribution in [2.75, 3.05) is 26.2 Å². The van der Waals surface area contributed by atoms with Gasteiger partial charge in [-0.05, 0) is 43.7 Å². The molecule has 1 aromatic carbocycles. The lowest BCUT2D eigenvalue weighted by molar-refractivity contribution is -0.139. The van der Waals surface area contributed by atoms with Gasteiger partial charge in [0.15, 0.2) is 0 Å². The molecule has 1 N–H and O–H groups in total. The molecule has 0 radical (unpaired) electrons. The van der Waals surface area contributed by atoms with E-state index >= 15 is 0 Å². The molecule has 0 aromatic heterocycles. The highest BCUT2D eigenvalue weighted by atomic mass is 32.2. The summed E-state index contributed by atoms with van der Waals surface area (Å²) in [6.45, 7) is 3.73.